The van der Waals surface area contributed by atoms with Crippen LogP contribution in [0.4, 0.5) is 11.4 Å². The zero-order chi connectivity index (χ0) is 21.5. The van der Waals surface area contributed by atoms with Crippen molar-refractivity contribution in [1.82, 2.24) is 14.5 Å². The van der Waals surface area contributed by atoms with Gasteiger partial charge in [0.05, 0.1) is 6.33 Å². The number of carbonyl (C=O) groups is 2. The first-order valence-corrected chi connectivity index (χ1v) is 10.6. The van der Waals surface area contributed by atoms with Crippen LogP contribution in [0.25, 0.3) is 0 Å². The van der Waals surface area contributed by atoms with Crippen molar-refractivity contribution in [2.24, 2.45) is 0 Å². The number of amides is 2. The van der Waals surface area contributed by atoms with Gasteiger partial charge in [0, 0.05) is 36.9 Å². The molecule has 0 saturated carbocycles. The topological polar surface area (TPSA) is 79.3 Å². The Hall–Kier alpha value is -3.45. The molecule has 3 aromatic rings. The SMILES string of the molecule is O=C(Nc1ccc(CCN2CCCC2)cc1)C(=O)Nc1ccc(Cn2ccnc2)cc1. The van der Waals surface area contributed by atoms with Gasteiger partial charge >= 0.3 is 11.8 Å². The van der Waals surface area contributed by atoms with Gasteiger partial charge in [-0.05, 0) is 67.7 Å². The van der Waals surface area contributed by atoms with Gasteiger partial charge in [-0.2, -0.15) is 0 Å². The van der Waals surface area contributed by atoms with E-state index in [9.17, 15) is 9.59 Å². The van der Waals surface area contributed by atoms with Crippen LogP contribution in [0.2, 0.25) is 0 Å². The van der Waals surface area contributed by atoms with E-state index < -0.39 is 11.8 Å². The van der Waals surface area contributed by atoms with Gasteiger partial charge in [0.25, 0.3) is 0 Å². The lowest BCUT2D eigenvalue weighted by atomic mass is 10.1. The summed E-state index contributed by atoms with van der Waals surface area (Å²) in [5.41, 5.74) is 3.49. The summed E-state index contributed by atoms with van der Waals surface area (Å²) in [4.78, 5) is 31.0. The largest absolute Gasteiger partial charge is 0.333 e. The fourth-order valence-electron chi connectivity index (χ4n) is 3.71. The van der Waals surface area contributed by atoms with Crippen molar-refractivity contribution >= 4 is 23.2 Å². The molecule has 2 N–H and O–H groups in total. The highest BCUT2D eigenvalue weighted by Gasteiger charge is 2.14. The number of hydrogen-bond acceptors (Lipinski definition) is 4. The monoisotopic (exact) mass is 417 g/mol. The molecular formula is C24H27N5O2. The van der Waals surface area contributed by atoms with E-state index in [0.717, 1.165) is 18.5 Å². The second-order valence-electron chi connectivity index (χ2n) is 7.84. The van der Waals surface area contributed by atoms with Gasteiger partial charge in [-0.25, -0.2) is 4.98 Å². The molecule has 160 valence electrons. The van der Waals surface area contributed by atoms with Crippen LogP contribution >= 0.6 is 0 Å². The van der Waals surface area contributed by atoms with E-state index in [1.54, 1.807) is 24.7 Å². The van der Waals surface area contributed by atoms with Crippen molar-refractivity contribution in [2.75, 3.05) is 30.3 Å². The van der Waals surface area contributed by atoms with Crippen LogP contribution in [0.5, 0.6) is 0 Å². The van der Waals surface area contributed by atoms with Gasteiger partial charge in [-0.3, -0.25) is 9.59 Å². The molecule has 0 unspecified atom stereocenters. The van der Waals surface area contributed by atoms with Gasteiger partial charge in [-0.1, -0.05) is 24.3 Å². The lowest BCUT2D eigenvalue weighted by molar-refractivity contribution is -0.132. The molecule has 7 heteroatoms. The molecule has 31 heavy (non-hydrogen) atoms. The van der Waals surface area contributed by atoms with Crippen LogP contribution in [0.3, 0.4) is 0 Å². The third-order valence-electron chi connectivity index (χ3n) is 5.47. The number of anilines is 2. The molecule has 1 fully saturated rings. The maximum absolute atomic E-state index is 12.2. The Labute approximate surface area is 182 Å². The molecule has 2 heterocycles. The van der Waals surface area contributed by atoms with Gasteiger partial charge in [0.2, 0.25) is 0 Å². The molecule has 2 aromatic carbocycles. The number of imidazole rings is 1. The molecule has 0 atom stereocenters. The summed E-state index contributed by atoms with van der Waals surface area (Å²) in [5.74, 6) is -1.38. The molecule has 0 aliphatic carbocycles. The van der Waals surface area contributed by atoms with Crippen molar-refractivity contribution in [1.29, 1.82) is 0 Å². The van der Waals surface area contributed by atoms with Crippen LogP contribution in [0, 0.1) is 0 Å². The lowest BCUT2D eigenvalue weighted by Gasteiger charge is -2.14. The van der Waals surface area contributed by atoms with E-state index in [4.69, 9.17) is 0 Å². The van der Waals surface area contributed by atoms with Crippen molar-refractivity contribution in [3.05, 3.63) is 78.4 Å². The third-order valence-corrected chi connectivity index (χ3v) is 5.47. The van der Waals surface area contributed by atoms with Gasteiger partial charge < -0.3 is 20.1 Å². The van der Waals surface area contributed by atoms with E-state index >= 15 is 0 Å². The van der Waals surface area contributed by atoms with Crippen molar-refractivity contribution < 1.29 is 9.59 Å². The summed E-state index contributed by atoms with van der Waals surface area (Å²) >= 11 is 0. The van der Waals surface area contributed by atoms with E-state index in [1.807, 2.05) is 47.2 Å². The first-order chi connectivity index (χ1) is 15.2. The predicted octanol–water partition coefficient (Wildman–Crippen LogP) is 3.15. The van der Waals surface area contributed by atoms with Crippen molar-refractivity contribution in [2.45, 2.75) is 25.8 Å². The Morgan fingerprint density at radius 1 is 0.839 bits per heavy atom. The molecule has 4 rings (SSSR count). The maximum atomic E-state index is 12.2. The lowest BCUT2D eigenvalue weighted by Crippen LogP contribution is -2.29. The number of benzene rings is 2. The maximum Gasteiger partial charge on any atom is 0.314 e. The number of rotatable bonds is 7. The third kappa shape index (κ3) is 6.02. The smallest absolute Gasteiger partial charge is 0.314 e. The Morgan fingerprint density at radius 2 is 1.42 bits per heavy atom. The summed E-state index contributed by atoms with van der Waals surface area (Å²) in [7, 11) is 0. The Kier molecular flexibility index (Phi) is 6.74. The van der Waals surface area contributed by atoms with Crippen LogP contribution in [-0.4, -0.2) is 45.9 Å². The molecule has 1 saturated heterocycles. The van der Waals surface area contributed by atoms with Gasteiger partial charge in [-0.15, -0.1) is 0 Å². The van der Waals surface area contributed by atoms with Crippen LogP contribution in [-0.2, 0) is 22.6 Å². The number of likely N-dealkylation sites (tertiary alicyclic amines) is 1. The standard InChI is InChI=1S/C24H27N5O2/c30-23(26-21-7-3-19(4-8-21)11-15-28-13-1-2-14-28)24(31)27-22-9-5-20(6-10-22)17-29-16-12-25-18-29/h3-10,12,16,18H,1-2,11,13-15,17H2,(H,26,30)(H,27,31). The number of nitrogens with one attached hydrogen (secondary N) is 2. The second-order valence-corrected chi connectivity index (χ2v) is 7.84. The summed E-state index contributed by atoms with van der Waals surface area (Å²) in [6.45, 7) is 4.14. The minimum Gasteiger partial charge on any atom is -0.333 e. The first-order valence-electron chi connectivity index (χ1n) is 10.6. The Morgan fingerprint density at radius 3 is 1.97 bits per heavy atom. The minimum absolute atomic E-state index is 0.576. The molecular weight excluding hydrogens is 390 g/mol. The molecule has 7 nitrogen and oxygen atoms in total. The quantitative estimate of drug-likeness (QED) is 0.579. The average Bonchev–Trinajstić information content (AvgIpc) is 3.49. The molecule has 2 amide bonds. The summed E-state index contributed by atoms with van der Waals surface area (Å²) in [6.07, 6.45) is 8.95. The Balaban J connectivity index is 1.24. The number of aromatic nitrogens is 2. The highest BCUT2D eigenvalue weighted by atomic mass is 16.2. The normalized spacial score (nSPS) is 13.8. The zero-order valence-corrected chi connectivity index (χ0v) is 17.5. The highest BCUT2D eigenvalue weighted by molar-refractivity contribution is 6.43. The van der Waals surface area contributed by atoms with E-state index in [0.29, 0.717) is 17.9 Å². The molecule has 0 radical (unpaired) electrons. The van der Waals surface area contributed by atoms with Gasteiger partial charge in [0.1, 0.15) is 0 Å². The number of nitrogens with zero attached hydrogens (tertiary/aromatic N) is 3. The molecule has 0 bridgehead atoms. The van der Waals surface area contributed by atoms with Crippen LogP contribution in [0.1, 0.15) is 24.0 Å². The van der Waals surface area contributed by atoms with E-state index in [2.05, 4.69) is 20.5 Å². The van der Waals surface area contributed by atoms with Crippen LogP contribution < -0.4 is 10.6 Å². The predicted molar refractivity (Wildman–Crippen MR) is 121 cm³/mol. The highest BCUT2D eigenvalue weighted by Crippen LogP contribution is 2.14. The van der Waals surface area contributed by atoms with Crippen molar-refractivity contribution in [3.8, 4) is 0 Å². The summed E-state index contributed by atoms with van der Waals surface area (Å²) in [5, 5.41) is 5.29. The van der Waals surface area contributed by atoms with Gasteiger partial charge in [0.15, 0.2) is 0 Å². The van der Waals surface area contributed by atoms with Crippen molar-refractivity contribution in [3.63, 3.8) is 0 Å². The van der Waals surface area contributed by atoms with E-state index in [1.165, 1.54) is 31.5 Å². The first kappa shape index (κ1) is 20.8. The minimum atomic E-state index is -0.694. The molecule has 1 aliphatic rings. The Bertz CT molecular complexity index is 991. The summed E-state index contributed by atoms with van der Waals surface area (Å²) < 4.78 is 1.96. The molecule has 1 aliphatic heterocycles. The fraction of sp³-hybridized carbons (Fsp3) is 0.292. The zero-order valence-electron chi connectivity index (χ0n) is 17.5. The number of carbonyl (C=O) groups excluding carboxylic acids is 2. The molecule has 1 aromatic heterocycles. The summed E-state index contributed by atoms with van der Waals surface area (Å²) in [6, 6.07) is 15.1. The number of hydrogen-bond donors (Lipinski definition) is 2. The molecule has 0 spiro atoms. The second kappa shape index (κ2) is 10.0. The van der Waals surface area contributed by atoms with E-state index in [-0.39, 0.29) is 0 Å². The van der Waals surface area contributed by atoms with Crippen LogP contribution in [0.15, 0.2) is 67.3 Å². The average molecular weight is 418 g/mol. The fourth-order valence-corrected chi connectivity index (χ4v) is 3.71.